The molecule has 0 unspecified atom stereocenters. The van der Waals surface area contributed by atoms with E-state index in [1.807, 2.05) is 30.3 Å². The number of ether oxygens (including phenoxy) is 2. The highest BCUT2D eigenvalue weighted by molar-refractivity contribution is 6.59. The minimum atomic E-state index is -1.52. The van der Waals surface area contributed by atoms with Crippen LogP contribution in [0.4, 0.5) is 0 Å². The fraction of sp³-hybridized carbons (Fsp3) is 0.200. The average Bonchev–Trinajstić information content (AvgIpc) is 2.48. The zero-order valence-electron chi connectivity index (χ0n) is 11.3. The van der Waals surface area contributed by atoms with Crippen LogP contribution in [0.25, 0.3) is 0 Å². The number of methoxy groups -OCH3 is 1. The molecule has 0 atom stereocenters. The predicted molar refractivity (Wildman–Crippen MR) is 77.8 cm³/mol. The first kappa shape index (κ1) is 14.6. The van der Waals surface area contributed by atoms with E-state index < -0.39 is 7.12 Å². The molecule has 0 fully saturated rings. The summed E-state index contributed by atoms with van der Waals surface area (Å²) in [5.41, 5.74) is 2.20. The summed E-state index contributed by atoms with van der Waals surface area (Å²) in [7, 11) is 0.0511. The standard InChI is InChI=1S/C15H17BO4/c1-19-14-7-8-15(16(17)18)13(9-14)11-20-10-12-5-3-2-4-6-12/h2-9,17-18H,10-11H2,1H3. The maximum atomic E-state index is 9.34. The molecule has 0 saturated heterocycles. The Kier molecular flexibility index (Phi) is 5.18. The third-order valence-electron chi connectivity index (χ3n) is 3.00. The van der Waals surface area contributed by atoms with Crippen LogP contribution in [0, 0.1) is 0 Å². The zero-order valence-corrected chi connectivity index (χ0v) is 11.3. The van der Waals surface area contributed by atoms with Crippen molar-refractivity contribution >= 4 is 12.6 Å². The van der Waals surface area contributed by atoms with Gasteiger partial charge in [0.2, 0.25) is 0 Å². The van der Waals surface area contributed by atoms with Crippen molar-refractivity contribution in [2.45, 2.75) is 13.2 Å². The molecule has 2 aromatic carbocycles. The smallest absolute Gasteiger partial charge is 0.488 e. The van der Waals surface area contributed by atoms with E-state index in [0.717, 1.165) is 5.56 Å². The van der Waals surface area contributed by atoms with E-state index in [2.05, 4.69) is 0 Å². The lowest BCUT2D eigenvalue weighted by Gasteiger charge is -2.11. The van der Waals surface area contributed by atoms with Crippen LogP contribution in [-0.4, -0.2) is 24.3 Å². The minimum absolute atomic E-state index is 0.291. The van der Waals surface area contributed by atoms with E-state index in [-0.39, 0.29) is 0 Å². The highest BCUT2D eigenvalue weighted by atomic mass is 16.5. The van der Waals surface area contributed by atoms with Gasteiger partial charge < -0.3 is 19.5 Å². The van der Waals surface area contributed by atoms with Crippen LogP contribution >= 0.6 is 0 Å². The van der Waals surface area contributed by atoms with Crippen LogP contribution in [0.5, 0.6) is 5.75 Å². The first-order valence-corrected chi connectivity index (χ1v) is 6.35. The van der Waals surface area contributed by atoms with Gasteiger partial charge in [-0.1, -0.05) is 36.4 Å². The van der Waals surface area contributed by atoms with Crippen LogP contribution in [0.15, 0.2) is 48.5 Å². The molecule has 0 bridgehead atoms. The third kappa shape index (κ3) is 3.84. The second-order valence-electron chi connectivity index (χ2n) is 4.42. The Morgan fingerprint density at radius 3 is 2.40 bits per heavy atom. The average molecular weight is 272 g/mol. The third-order valence-corrected chi connectivity index (χ3v) is 3.00. The first-order chi connectivity index (χ1) is 9.70. The Morgan fingerprint density at radius 2 is 1.75 bits per heavy atom. The van der Waals surface area contributed by atoms with E-state index >= 15 is 0 Å². The van der Waals surface area contributed by atoms with Crippen molar-refractivity contribution < 1.29 is 19.5 Å². The Balaban J connectivity index is 2.04. The van der Waals surface area contributed by atoms with Gasteiger partial charge in [-0.2, -0.15) is 0 Å². The molecule has 2 aromatic rings. The topological polar surface area (TPSA) is 58.9 Å². The van der Waals surface area contributed by atoms with Gasteiger partial charge in [-0.3, -0.25) is 0 Å². The molecule has 0 aliphatic heterocycles. The maximum Gasteiger partial charge on any atom is 0.488 e. The number of benzene rings is 2. The van der Waals surface area contributed by atoms with Crippen molar-refractivity contribution in [2.75, 3.05) is 7.11 Å². The molecule has 0 spiro atoms. The second kappa shape index (κ2) is 7.10. The van der Waals surface area contributed by atoms with Gasteiger partial charge in [-0.25, -0.2) is 0 Å². The summed E-state index contributed by atoms with van der Waals surface area (Å²) in [6.45, 7) is 0.762. The van der Waals surface area contributed by atoms with Gasteiger partial charge in [0.25, 0.3) is 0 Å². The molecule has 0 heterocycles. The zero-order chi connectivity index (χ0) is 14.4. The Labute approximate surface area is 118 Å². The molecular formula is C15H17BO4. The van der Waals surface area contributed by atoms with Crippen molar-refractivity contribution in [3.63, 3.8) is 0 Å². The van der Waals surface area contributed by atoms with Gasteiger partial charge in [0.05, 0.1) is 20.3 Å². The number of rotatable bonds is 6. The lowest BCUT2D eigenvalue weighted by Crippen LogP contribution is -2.33. The van der Waals surface area contributed by atoms with E-state index in [4.69, 9.17) is 9.47 Å². The van der Waals surface area contributed by atoms with Crippen LogP contribution in [-0.2, 0) is 18.0 Å². The Hall–Kier alpha value is -1.82. The molecule has 104 valence electrons. The minimum Gasteiger partial charge on any atom is -0.497 e. The summed E-state index contributed by atoms with van der Waals surface area (Å²) in [5.74, 6) is 0.660. The summed E-state index contributed by atoms with van der Waals surface area (Å²) in [6, 6.07) is 14.9. The molecule has 20 heavy (non-hydrogen) atoms. The van der Waals surface area contributed by atoms with Crippen molar-refractivity contribution in [3.8, 4) is 5.75 Å². The molecule has 0 radical (unpaired) electrons. The largest absolute Gasteiger partial charge is 0.497 e. The Morgan fingerprint density at radius 1 is 1.00 bits per heavy atom. The Bertz CT molecular complexity index is 543. The van der Waals surface area contributed by atoms with E-state index in [0.29, 0.717) is 30.0 Å². The lowest BCUT2D eigenvalue weighted by atomic mass is 9.77. The quantitative estimate of drug-likeness (QED) is 0.773. The van der Waals surface area contributed by atoms with Gasteiger partial charge in [0.1, 0.15) is 5.75 Å². The molecule has 0 aromatic heterocycles. The summed E-state index contributed by atoms with van der Waals surface area (Å²) >= 11 is 0. The number of hydrogen-bond acceptors (Lipinski definition) is 4. The number of hydrogen-bond donors (Lipinski definition) is 2. The van der Waals surface area contributed by atoms with Crippen molar-refractivity contribution in [1.29, 1.82) is 0 Å². The van der Waals surface area contributed by atoms with E-state index in [1.54, 1.807) is 25.3 Å². The molecule has 4 nitrogen and oxygen atoms in total. The van der Waals surface area contributed by atoms with Crippen LogP contribution < -0.4 is 10.2 Å². The molecule has 2 N–H and O–H groups in total. The van der Waals surface area contributed by atoms with Crippen LogP contribution in [0.2, 0.25) is 0 Å². The SMILES string of the molecule is COc1ccc(B(O)O)c(COCc2ccccc2)c1. The van der Waals surface area contributed by atoms with Crippen molar-refractivity contribution in [3.05, 3.63) is 59.7 Å². The highest BCUT2D eigenvalue weighted by Crippen LogP contribution is 2.13. The molecule has 2 rings (SSSR count). The summed E-state index contributed by atoms with van der Waals surface area (Å²) in [5, 5.41) is 18.7. The van der Waals surface area contributed by atoms with Gasteiger partial charge >= 0.3 is 7.12 Å². The summed E-state index contributed by atoms with van der Waals surface area (Å²) in [4.78, 5) is 0. The lowest BCUT2D eigenvalue weighted by molar-refractivity contribution is 0.107. The molecule has 0 amide bonds. The van der Waals surface area contributed by atoms with Gasteiger partial charge in [-0.05, 0) is 28.7 Å². The van der Waals surface area contributed by atoms with Gasteiger partial charge in [-0.15, -0.1) is 0 Å². The van der Waals surface area contributed by atoms with Crippen molar-refractivity contribution in [2.24, 2.45) is 0 Å². The van der Waals surface area contributed by atoms with Crippen LogP contribution in [0.1, 0.15) is 11.1 Å². The second-order valence-corrected chi connectivity index (χ2v) is 4.42. The molecule has 5 heteroatoms. The summed E-state index contributed by atoms with van der Waals surface area (Å²) < 4.78 is 10.8. The van der Waals surface area contributed by atoms with Gasteiger partial charge in [0, 0.05) is 0 Å². The fourth-order valence-corrected chi connectivity index (χ4v) is 1.94. The highest BCUT2D eigenvalue weighted by Gasteiger charge is 2.16. The van der Waals surface area contributed by atoms with E-state index in [9.17, 15) is 10.0 Å². The molecule has 0 aliphatic rings. The molecular weight excluding hydrogens is 255 g/mol. The van der Waals surface area contributed by atoms with Gasteiger partial charge in [0.15, 0.2) is 0 Å². The predicted octanol–water partition coefficient (Wildman–Crippen LogP) is 1.09. The molecule has 0 saturated carbocycles. The van der Waals surface area contributed by atoms with Crippen LogP contribution in [0.3, 0.4) is 0 Å². The fourth-order valence-electron chi connectivity index (χ4n) is 1.94. The normalized spacial score (nSPS) is 10.3. The summed E-state index contributed by atoms with van der Waals surface area (Å²) in [6.07, 6.45) is 0. The maximum absolute atomic E-state index is 9.34. The van der Waals surface area contributed by atoms with Crippen molar-refractivity contribution in [1.82, 2.24) is 0 Å². The monoisotopic (exact) mass is 272 g/mol. The van der Waals surface area contributed by atoms with E-state index in [1.165, 1.54) is 0 Å². The molecule has 0 aliphatic carbocycles. The first-order valence-electron chi connectivity index (χ1n) is 6.35.